The van der Waals surface area contributed by atoms with Gasteiger partial charge in [0.15, 0.2) is 11.6 Å². The quantitative estimate of drug-likeness (QED) is 0.0936. The fourth-order valence-electron chi connectivity index (χ4n) is 4.18. The van der Waals surface area contributed by atoms with E-state index in [2.05, 4.69) is 35.9 Å². The third-order valence-corrected chi connectivity index (χ3v) is 6.65. The number of benzene rings is 3. The van der Waals surface area contributed by atoms with Crippen LogP contribution in [0.25, 0.3) is 0 Å². The lowest BCUT2D eigenvalue weighted by atomic mass is 10.1. The van der Waals surface area contributed by atoms with Crippen LogP contribution in [0.5, 0.6) is 11.5 Å². The van der Waals surface area contributed by atoms with Crippen LogP contribution in [-0.4, -0.2) is 13.2 Å². The van der Waals surface area contributed by atoms with Crippen molar-refractivity contribution in [2.45, 2.75) is 84.5 Å². The minimum atomic E-state index is -0.999. The molecule has 0 aliphatic rings. The molecule has 0 saturated carbocycles. The molecule has 218 valence electrons. The van der Waals surface area contributed by atoms with Gasteiger partial charge in [0.1, 0.15) is 5.75 Å². The smallest absolute Gasteiger partial charge is 0.201 e. The maximum atomic E-state index is 14.6. The second kappa shape index (κ2) is 18.6. The van der Waals surface area contributed by atoms with E-state index in [9.17, 15) is 8.78 Å². The van der Waals surface area contributed by atoms with E-state index in [0.29, 0.717) is 17.9 Å². The van der Waals surface area contributed by atoms with Gasteiger partial charge in [-0.3, -0.25) is 0 Å². The van der Waals surface area contributed by atoms with Crippen LogP contribution in [-0.2, 0) is 0 Å². The second-order valence-corrected chi connectivity index (χ2v) is 10.1. The first-order valence-electron chi connectivity index (χ1n) is 15.0. The van der Waals surface area contributed by atoms with Crippen LogP contribution in [0, 0.1) is 23.5 Å². The van der Waals surface area contributed by atoms with E-state index in [-0.39, 0.29) is 11.3 Å². The lowest BCUT2D eigenvalue weighted by Crippen LogP contribution is -2.02. The molecule has 0 aliphatic heterocycles. The summed E-state index contributed by atoms with van der Waals surface area (Å²) in [5, 5.41) is 8.54. The van der Waals surface area contributed by atoms with Gasteiger partial charge < -0.3 is 9.47 Å². The van der Waals surface area contributed by atoms with Crippen LogP contribution in [0.15, 0.2) is 70.9 Å². The van der Waals surface area contributed by atoms with Crippen molar-refractivity contribution in [2.24, 2.45) is 10.2 Å². The number of hydrogen-bond acceptors (Lipinski definition) is 4. The van der Waals surface area contributed by atoms with Gasteiger partial charge in [-0.15, -0.1) is 0 Å². The zero-order valence-electron chi connectivity index (χ0n) is 24.4. The maximum Gasteiger partial charge on any atom is 0.201 e. The molecular formula is C35H42F2N2O2. The summed E-state index contributed by atoms with van der Waals surface area (Å²) in [4.78, 5) is 0. The van der Waals surface area contributed by atoms with Crippen molar-refractivity contribution in [3.8, 4) is 23.3 Å². The lowest BCUT2D eigenvalue weighted by molar-refractivity contribution is 0.284. The highest BCUT2D eigenvalue weighted by molar-refractivity contribution is 5.49. The summed E-state index contributed by atoms with van der Waals surface area (Å²) in [5.74, 6) is 4.36. The van der Waals surface area contributed by atoms with Crippen LogP contribution >= 0.6 is 0 Å². The van der Waals surface area contributed by atoms with Crippen molar-refractivity contribution < 1.29 is 18.3 Å². The Bertz CT molecular complexity index is 1260. The molecule has 0 aromatic heterocycles. The third kappa shape index (κ3) is 11.7. The van der Waals surface area contributed by atoms with Crippen molar-refractivity contribution in [1.82, 2.24) is 0 Å². The number of ether oxygens (including phenoxy) is 2. The molecule has 0 aliphatic carbocycles. The summed E-state index contributed by atoms with van der Waals surface area (Å²) in [7, 11) is 0. The Balaban J connectivity index is 1.47. The monoisotopic (exact) mass is 560 g/mol. The van der Waals surface area contributed by atoms with E-state index in [0.717, 1.165) is 43.7 Å². The Morgan fingerprint density at radius 3 is 1.71 bits per heavy atom. The van der Waals surface area contributed by atoms with Crippen molar-refractivity contribution >= 4 is 11.4 Å². The molecule has 0 fully saturated rings. The first-order chi connectivity index (χ1) is 20.1. The summed E-state index contributed by atoms with van der Waals surface area (Å²) in [5.41, 5.74) is 2.03. The normalized spacial score (nSPS) is 10.9. The Labute approximate surface area is 244 Å². The van der Waals surface area contributed by atoms with Gasteiger partial charge in [0, 0.05) is 5.56 Å². The van der Waals surface area contributed by atoms with Crippen molar-refractivity contribution in [2.75, 3.05) is 13.2 Å². The van der Waals surface area contributed by atoms with Crippen molar-refractivity contribution in [3.05, 3.63) is 83.4 Å². The summed E-state index contributed by atoms with van der Waals surface area (Å²) in [6.07, 6.45) is 12.6. The largest absolute Gasteiger partial charge is 0.494 e. The predicted octanol–water partition coefficient (Wildman–Crippen LogP) is 10.9. The van der Waals surface area contributed by atoms with E-state index in [1.165, 1.54) is 57.1 Å². The Kier molecular flexibility index (Phi) is 14.4. The first kappa shape index (κ1) is 31.8. The van der Waals surface area contributed by atoms with Gasteiger partial charge >= 0.3 is 0 Å². The van der Waals surface area contributed by atoms with Crippen LogP contribution in [0.4, 0.5) is 20.2 Å². The summed E-state index contributed by atoms with van der Waals surface area (Å²) < 4.78 is 40.3. The Hall–Kier alpha value is -3.72. The highest BCUT2D eigenvalue weighted by Crippen LogP contribution is 2.24. The zero-order chi connectivity index (χ0) is 29.1. The van der Waals surface area contributed by atoms with Gasteiger partial charge in [0.05, 0.1) is 30.2 Å². The van der Waals surface area contributed by atoms with E-state index in [4.69, 9.17) is 9.47 Å². The molecule has 0 saturated heterocycles. The topological polar surface area (TPSA) is 43.2 Å². The molecule has 41 heavy (non-hydrogen) atoms. The molecule has 3 aromatic rings. The van der Waals surface area contributed by atoms with Crippen LogP contribution in [0.2, 0.25) is 0 Å². The average Bonchev–Trinajstić information content (AvgIpc) is 3.00. The maximum absolute atomic E-state index is 14.6. The second-order valence-electron chi connectivity index (χ2n) is 10.1. The first-order valence-corrected chi connectivity index (χ1v) is 15.0. The number of halogens is 2. The SMILES string of the molecule is CCCCCCCCOc1ccc(C#Cc2ccc(N=Nc3ccc(OCCCCCCC)cc3)cc2)c(F)c1F. The van der Waals surface area contributed by atoms with Crippen LogP contribution in [0.3, 0.4) is 0 Å². The van der Waals surface area contributed by atoms with Gasteiger partial charge in [0.25, 0.3) is 0 Å². The van der Waals surface area contributed by atoms with Crippen molar-refractivity contribution in [3.63, 3.8) is 0 Å². The number of nitrogens with zero attached hydrogens (tertiary/aromatic N) is 2. The number of rotatable bonds is 17. The molecule has 3 rings (SSSR count). The molecule has 0 spiro atoms. The van der Waals surface area contributed by atoms with E-state index in [1.807, 2.05) is 24.3 Å². The molecular weight excluding hydrogens is 518 g/mol. The molecule has 0 N–H and O–H groups in total. The molecule has 3 aromatic carbocycles. The highest BCUT2D eigenvalue weighted by Gasteiger charge is 2.13. The van der Waals surface area contributed by atoms with Crippen molar-refractivity contribution in [1.29, 1.82) is 0 Å². The Morgan fingerprint density at radius 1 is 0.561 bits per heavy atom. The van der Waals surface area contributed by atoms with Crippen LogP contribution in [0.1, 0.15) is 95.6 Å². The summed E-state index contributed by atoms with van der Waals surface area (Å²) in [6, 6.07) is 17.5. The molecule has 4 nitrogen and oxygen atoms in total. The fraction of sp³-hybridized carbons (Fsp3) is 0.429. The van der Waals surface area contributed by atoms with E-state index < -0.39 is 11.6 Å². The van der Waals surface area contributed by atoms with Gasteiger partial charge in [-0.1, -0.05) is 83.5 Å². The number of azo groups is 1. The van der Waals surface area contributed by atoms with E-state index in [1.54, 1.807) is 24.3 Å². The summed E-state index contributed by atoms with van der Waals surface area (Å²) in [6.45, 7) is 5.48. The predicted molar refractivity (Wildman–Crippen MR) is 163 cm³/mol. The third-order valence-electron chi connectivity index (χ3n) is 6.65. The van der Waals surface area contributed by atoms with Gasteiger partial charge in [-0.05, 0) is 73.5 Å². The Morgan fingerprint density at radius 2 is 1.10 bits per heavy atom. The molecule has 6 heteroatoms. The van der Waals surface area contributed by atoms with Crippen LogP contribution < -0.4 is 9.47 Å². The molecule has 0 atom stereocenters. The van der Waals surface area contributed by atoms with Gasteiger partial charge in [-0.25, -0.2) is 4.39 Å². The molecule has 0 unspecified atom stereocenters. The molecule has 0 heterocycles. The van der Waals surface area contributed by atoms with E-state index >= 15 is 0 Å². The fourth-order valence-corrected chi connectivity index (χ4v) is 4.18. The molecule has 0 bridgehead atoms. The number of unbranched alkanes of at least 4 members (excludes halogenated alkanes) is 9. The summed E-state index contributed by atoms with van der Waals surface area (Å²) >= 11 is 0. The minimum Gasteiger partial charge on any atom is -0.494 e. The number of hydrogen-bond donors (Lipinski definition) is 0. The van der Waals surface area contributed by atoms with Gasteiger partial charge in [-0.2, -0.15) is 14.6 Å². The molecule has 0 amide bonds. The standard InChI is InChI=1S/C35H42F2N2O2/c1-3-5-7-9-11-13-27-41-33-25-18-29(34(36)35(33)37)17-14-28-15-19-30(20-16-28)38-39-31-21-23-32(24-22-31)40-26-12-10-8-6-4-2/h15-16,18-25H,3-13,26-27H2,1-2H3. The highest BCUT2D eigenvalue weighted by atomic mass is 19.2. The van der Waals surface area contributed by atoms with Gasteiger partial charge in [0.2, 0.25) is 5.82 Å². The molecule has 0 radical (unpaired) electrons. The zero-order valence-corrected chi connectivity index (χ0v) is 24.4. The minimum absolute atomic E-state index is 0.0119. The lowest BCUT2D eigenvalue weighted by Gasteiger charge is -2.08. The average molecular weight is 561 g/mol.